The van der Waals surface area contributed by atoms with Gasteiger partial charge in [-0.25, -0.2) is 0 Å². The first kappa shape index (κ1) is 50.4. The summed E-state index contributed by atoms with van der Waals surface area (Å²) in [6.45, 7) is 4.21. The summed E-state index contributed by atoms with van der Waals surface area (Å²) < 4.78 is 0. The van der Waals surface area contributed by atoms with Crippen molar-refractivity contribution < 1.29 is 20.1 Å². The highest BCUT2D eigenvalue weighted by molar-refractivity contribution is 5.76. The van der Waals surface area contributed by atoms with Gasteiger partial charge < -0.3 is 20.6 Å². The Labute approximate surface area is 319 Å². The van der Waals surface area contributed by atoms with Crippen LogP contribution in [0.1, 0.15) is 264 Å². The van der Waals surface area contributed by atoms with Crippen LogP contribution in [0.2, 0.25) is 0 Å². The number of amides is 1. The molecular formula is C46H93NO4. The summed E-state index contributed by atoms with van der Waals surface area (Å²) >= 11 is 0. The van der Waals surface area contributed by atoms with E-state index in [0.29, 0.717) is 12.8 Å². The summed E-state index contributed by atoms with van der Waals surface area (Å²) in [4.78, 5) is 12.4. The number of nitrogens with one attached hydrogen (secondary N) is 1. The number of carbonyl (C=O) groups excluding carboxylic acids is 1. The van der Waals surface area contributed by atoms with Gasteiger partial charge in [0.1, 0.15) is 6.10 Å². The van der Waals surface area contributed by atoms with Crippen LogP contribution >= 0.6 is 0 Å². The first-order chi connectivity index (χ1) is 25.1. The van der Waals surface area contributed by atoms with Crippen LogP contribution in [0.15, 0.2) is 0 Å². The average Bonchev–Trinajstić information content (AvgIpc) is 3.13. The molecule has 0 spiro atoms. The third-order valence-corrected chi connectivity index (χ3v) is 11.2. The van der Waals surface area contributed by atoms with Gasteiger partial charge in [-0.05, 0) is 12.8 Å². The van der Waals surface area contributed by atoms with Gasteiger partial charge in [0.05, 0.1) is 18.8 Å². The summed E-state index contributed by atoms with van der Waals surface area (Å²) in [7, 11) is 0. The van der Waals surface area contributed by atoms with E-state index < -0.39 is 18.2 Å². The minimum atomic E-state index is -1.13. The van der Waals surface area contributed by atoms with Gasteiger partial charge in [0.15, 0.2) is 0 Å². The van der Waals surface area contributed by atoms with Crippen molar-refractivity contribution in [3.8, 4) is 0 Å². The lowest BCUT2D eigenvalue weighted by molar-refractivity contribution is -0.124. The molecule has 5 nitrogen and oxygen atoms in total. The minimum absolute atomic E-state index is 0.139. The van der Waals surface area contributed by atoms with Gasteiger partial charge in [0, 0.05) is 6.42 Å². The van der Waals surface area contributed by atoms with Crippen molar-refractivity contribution in [2.75, 3.05) is 6.61 Å². The van der Waals surface area contributed by atoms with Gasteiger partial charge in [0.2, 0.25) is 5.91 Å². The van der Waals surface area contributed by atoms with Gasteiger partial charge in [-0.2, -0.15) is 0 Å². The first-order valence-corrected chi connectivity index (χ1v) is 23.3. The molecule has 0 unspecified atom stereocenters. The molecule has 0 fully saturated rings. The monoisotopic (exact) mass is 724 g/mol. The van der Waals surface area contributed by atoms with Crippen molar-refractivity contribution in [1.29, 1.82) is 0 Å². The normalized spacial score (nSPS) is 13.4. The fourth-order valence-corrected chi connectivity index (χ4v) is 7.58. The molecule has 0 aliphatic carbocycles. The Kier molecular flexibility index (Phi) is 41.6. The molecule has 0 radical (unpaired) electrons. The smallest absolute Gasteiger partial charge is 0.220 e. The van der Waals surface area contributed by atoms with Crippen LogP contribution in [-0.2, 0) is 4.79 Å². The lowest BCUT2D eigenvalue weighted by atomic mass is 9.99. The van der Waals surface area contributed by atoms with E-state index in [1.165, 1.54) is 205 Å². The Bertz CT molecular complexity index is 674. The van der Waals surface area contributed by atoms with Crippen molar-refractivity contribution in [3.05, 3.63) is 0 Å². The second-order valence-corrected chi connectivity index (χ2v) is 16.3. The van der Waals surface area contributed by atoms with E-state index in [-0.39, 0.29) is 12.5 Å². The molecule has 0 aliphatic rings. The van der Waals surface area contributed by atoms with Crippen LogP contribution in [0.5, 0.6) is 0 Å². The number of aliphatic hydroxyl groups excluding tert-OH is 3. The molecular weight excluding hydrogens is 631 g/mol. The molecule has 51 heavy (non-hydrogen) atoms. The Balaban J connectivity index is 3.56. The molecule has 4 N–H and O–H groups in total. The van der Waals surface area contributed by atoms with Crippen molar-refractivity contribution in [2.24, 2.45) is 0 Å². The van der Waals surface area contributed by atoms with Crippen LogP contribution in [-0.4, -0.2) is 46.1 Å². The molecule has 0 rings (SSSR count). The molecule has 306 valence electrons. The number of aliphatic hydroxyl groups is 3. The predicted molar refractivity (Wildman–Crippen MR) is 222 cm³/mol. The average molecular weight is 724 g/mol. The number of hydrogen-bond donors (Lipinski definition) is 4. The minimum Gasteiger partial charge on any atom is -0.394 e. The Hall–Kier alpha value is -0.650. The van der Waals surface area contributed by atoms with E-state index in [9.17, 15) is 20.1 Å². The van der Waals surface area contributed by atoms with Gasteiger partial charge in [-0.15, -0.1) is 0 Å². The van der Waals surface area contributed by atoms with Crippen molar-refractivity contribution in [2.45, 2.75) is 283 Å². The highest BCUT2D eigenvalue weighted by Crippen LogP contribution is 2.17. The maximum absolute atomic E-state index is 12.4. The van der Waals surface area contributed by atoms with Crippen molar-refractivity contribution in [1.82, 2.24) is 5.32 Å². The van der Waals surface area contributed by atoms with Gasteiger partial charge in [-0.3, -0.25) is 4.79 Å². The van der Waals surface area contributed by atoms with E-state index in [1.807, 2.05) is 0 Å². The van der Waals surface area contributed by atoms with Gasteiger partial charge in [-0.1, -0.05) is 245 Å². The summed E-state index contributed by atoms with van der Waals surface area (Å²) in [5, 5.41) is 33.6. The van der Waals surface area contributed by atoms with E-state index >= 15 is 0 Å². The molecule has 0 bridgehead atoms. The SMILES string of the molecule is CCCCCCCCCCCCCCCCCCCCCC[C@@H](O)[C@@H](O)[C@H](CO)NC(=O)CCCCCCCCCCCCCCCCCCC. The van der Waals surface area contributed by atoms with Crippen molar-refractivity contribution in [3.63, 3.8) is 0 Å². The second-order valence-electron chi connectivity index (χ2n) is 16.3. The van der Waals surface area contributed by atoms with Crippen LogP contribution in [0, 0.1) is 0 Å². The van der Waals surface area contributed by atoms with Gasteiger partial charge in [0.25, 0.3) is 0 Å². The third kappa shape index (κ3) is 37.5. The van der Waals surface area contributed by atoms with Crippen LogP contribution in [0.25, 0.3) is 0 Å². The third-order valence-electron chi connectivity index (χ3n) is 11.2. The molecule has 1 amide bonds. The Morgan fingerprint density at radius 2 is 0.667 bits per heavy atom. The highest BCUT2D eigenvalue weighted by atomic mass is 16.3. The van der Waals surface area contributed by atoms with E-state index in [2.05, 4.69) is 19.2 Å². The summed E-state index contributed by atoms with van der Waals surface area (Å²) in [5.41, 5.74) is 0. The summed E-state index contributed by atoms with van der Waals surface area (Å²) in [6, 6.07) is -0.802. The Morgan fingerprint density at radius 3 is 0.941 bits per heavy atom. The maximum atomic E-state index is 12.4. The second kappa shape index (κ2) is 42.1. The van der Waals surface area contributed by atoms with E-state index in [4.69, 9.17) is 0 Å². The lowest BCUT2D eigenvalue weighted by Gasteiger charge is -2.26. The molecule has 0 heterocycles. The Morgan fingerprint density at radius 1 is 0.412 bits per heavy atom. The summed E-state index contributed by atoms with van der Waals surface area (Å²) in [6.07, 6.45) is 47.8. The maximum Gasteiger partial charge on any atom is 0.220 e. The van der Waals surface area contributed by atoms with Crippen molar-refractivity contribution >= 4 is 5.91 Å². The molecule has 0 aromatic heterocycles. The van der Waals surface area contributed by atoms with E-state index in [0.717, 1.165) is 32.1 Å². The topological polar surface area (TPSA) is 89.8 Å². The van der Waals surface area contributed by atoms with Gasteiger partial charge >= 0.3 is 0 Å². The molecule has 3 atom stereocenters. The van der Waals surface area contributed by atoms with Crippen LogP contribution in [0.3, 0.4) is 0 Å². The zero-order chi connectivity index (χ0) is 37.3. The molecule has 0 aromatic carbocycles. The van der Waals surface area contributed by atoms with E-state index in [1.54, 1.807) is 0 Å². The summed E-state index contributed by atoms with van der Waals surface area (Å²) in [5.74, 6) is -0.139. The number of rotatable bonds is 43. The predicted octanol–water partition coefficient (Wildman–Crippen LogP) is 13.4. The lowest BCUT2D eigenvalue weighted by Crippen LogP contribution is -2.50. The number of carbonyl (C=O) groups is 1. The number of unbranched alkanes of at least 4 members (excludes halogenated alkanes) is 35. The zero-order valence-electron chi connectivity index (χ0n) is 34.8. The molecule has 0 aromatic rings. The first-order valence-electron chi connectivity index (χ1n) is 23.3. The highest BCUT2D eigenvalue weighted by Gasteiger charge is 2.26. The van der Waals surface area contributed by atoms with Crippen LogP contribution in [0.4, 0.5) is 0 Å². The molecule has 5 heteroatoms. The number of hydrogen-bond acceptors (Lipinski definition) is 4. The molecule has 0 saturated heterocycles. The standard InChI is InChI=1S/C46H93NO4/c1-3-5-7-9-11-13-15-17-19-21-22-23-25-26-28-30-32-34-36-38-40-44(49)46(51)43(42-48)47-45(50)41-39-37-35-33-31-29-27-24-20-18-16-14-12-10-8-6-4-2/h43-44,46,48-49,51H,3-42H2,1-2H3,(H,47,50)/t43-,44+,46-/m0/s1. The van der Waals surface area contributed by atoms with Crippen LogP contribution < -0.4 is 5.32 Å². The fraction of sp³-hybridized carbons (Fsp3) is 0.978. The largest absolute Gasteiger partial charge is 0.394 e. The fourth-order valence-electron chi connectivity index (χ4n) is 7.58. The molecule has 0 aliphatic heterocycles. The quantitative estimate of drug-likeness (QED) is 0.0472. The zero-order valence-corrected chi connectivity index (χ0v) is 34.8. The molecule has 0 saturated carbocycles.